The molecule has 8 heteroatoms. The number of fused-ring (bicyclic) bond motifs is 1. The minimum Gasteiger partial charge on any atom is -0.333 e. The molecular formula is C19H20N4O2S2. The molecule has 3 aromatic rings. The van der Waals surface area contributed by atoms with Crippen molar-refractivity contribution in [3.63, 3.8) is 0 Å². The van der Waals surface area contributed by atoms with Gasteiger partial charge in [0.2, 0.25) is 5.91 Å². The summed E-state index contributed by atoms with van der Waals surface area (Å²) in [5.41, 5.74) is 0. The molecule has 1 aromatic carbocycles. The molecule has 1 aliphatic heterocycles. The van der Waals surface area contributed by atoms with Gasteiger partial charge in [-0.25, -0.2) is 9.78 Å². The summed E-state index contributed by atoms with van der Waals surface area (Å²) in [6, 6.07) is 10.2. The van der Waals surface area contributed by atoms with Crippen molar-refractivity contribution in [2.75, 3.05) is 18.4 Å². The fourth-order valence-electron chi connectivity index (χ4n) is 3.27. The van der Waals surface area contributed by atoms with E-state index in [1.807, 2.05) is 17.5 Å². The predicted molar refractivity (Wildman–Crippen MR) is 109 cm³/mol. The molecule has 0 spiro atoms. The van der Waals surface area contributed by atoms with Crippen molar-refractivity contribution in [3.05, 3.63) is 46.8 Å². The second kappa shape index (κ2) is 8.06. The Hall–Kier alpha value is -2.45. The molecule has 1 fully saturated rings. The molecule has 3 amide bonds. The Morgan fingerprint density at radius 3 is 3.00 bits per heavy atom. The van der Waals surface area contributed by atoms with Crippen LogP contribution in [0.15, 0.2) is 41.9 Å². The van der Waals surface area contributed by atoms with Gasteiger partial charge in [-0.1, -0.05) is 18.2 Å². The number of nitrogens with one attached hydrogen (secondary N) is 2. The maximum atomic E-state index is 12.5. The number of urea groups is 1. The van der Waals surface area contributed by atoms with Crippen LogP contribution in [-0.4, -0.2) is 34.9 Å². The molecule has 6 nitrogen and oxygen atoms in total. The van der Waals surface area contributed by atoms with Crippen molar-refractivity contribution in [3.8, 4) is 0 Å². The molecule has 1 saturated heterocycles. The smallest absolute Gasteiger partial charge is 0.317 e. The van der Waals surface area contributed by atoms with E-state index in [0.29, 0.717) is 24.8 Å². The van der Waals surface area contributed by atoms with Crippen LogP contribution in [0.5, 0.6) is 0 Å². The van der Waals surface area contributed by atoms with Crippen molar-refractivity contribution in [2.45, 2.75) is 19.4 Å². The third kappa shape index (κ3) is 4.28. The van der Waals surface area contributed by atoms with E-state index in [4.69, 9.17) is 0 Å². The topological polar surface area (TPSA) is 74.3 Å². The number of hydrogen-bond donors (Lipinski definition) is 2. The van der Waals surface area contributed by atoms with Gasteiger partial charge in [0.25, 0.3) is 0 Å². The van der Waals surface area contributed by atoms with Crippen LogP contribution in [-0.2, 0) is 11.3 Å². The SMILES string of the molecule is O=C(Nc1nccs1)[C@H]1CCCN(C(=O)NCc2cc3ccccc3s2)C1. The fraction of sp³-hybridized carbons (Fsp3) is 0.316. The van der Waals surface area contributed by atoms with Gasteiger partial charge in [-0.2, -0.15) is 0 Å². The van der Waals surface area contributed by atoms with Crippen molar-refractivity contribution < 1.29 is 9.59 Å². The third-order valence-electron chi connectivity index (χ3n) is 4.63. The van der Waals surface area contributed by atoms with Crippen LogP contribution in [0.2, 0.25) is 0 Å². The number of anilines is 1. The highest BCUT2D eigenvalue weighted by Crippen LogP contribution is 2.25. The zero-order valence-electron chi connectivity index (χ0n) is 14.7. The van der Waals surface area contributed by atoms with Crippen LogP contribution in [0.3, 0.4) is 0 Å². The van der Waals surface area contributed by atoms with Crippen LogP contribution >= 0.6 is 22.7 Å². The molecule has 0 bridgehead atoms. The number of carbonyl (C=O) groups excluding carboxylic acids is 2. The Balaban J connectivity index is 1.32. The summed E-state index contributed by atoms with van der Waals surface area (Å²) >= 11 is 3.09. The normalized spacial score (nSPS) is 17.0. The van der Waals surface area contributed by atoms with Crippen molar-refractivity contribution >= 4 is 49.8 Å². The van der Waals surface area contributed by atoms with E-state index < -0.39 is 0 Å². The summed E-state index contributed by atoms with van der Waals surface area (Å²) < 4.78 is 1.22. The lowest BCUT2D eigenvalue weighted by Crippen LogP contribution is -2.47. The number of hydrogen-bond acceptors (Lipinski definition) is 5. The number of likely N-dealkylation sites (tertiary alicyclic amines) is 1. The van der Waals surface area contributed by atoms with Gasteiger partial charge in [0.1, 0.15) is 0 Å². The highest BCUT2D eigenvalue weighted by molar-refractivity contribution is 7.19. The Morgan fingerprint density at radius 2 is 2.19 bits per heavy atom. The highest BCUT2D eigenvalue weighted by atomic mass is 32.1. The first-order valence-corrected chi connectivity index (χ1v) is 10.6. The number of amides is 3. The number of piperidine rings is 1. The van der Waals surface area contributed by atoms with Crippen LogP contribution in [0, 0.1) is 5.92 Å². The first kappa shape index (κ1) is 17.9. The minimum atomic E-state index is -0.197. The summed E-state index contributed by atoms with van der Waals surface area (Å²) in [6.45, 7) is 1.62. The molecule has 140 valence electrons. The quantitative estimate of drug-likeness (QED) is 0.697. The van der Waals surface area contributed by atoms with Gasteiger partial charge in [-0.15, -0.1) is 22.7 Å². The molecule has 3 heterocycles. The molecule has 2 N–H and O–H groups in total. The second-order valence-electron chi connectivity index (χ2n) is 6.52. The van der Waals surface area contributed by atoms with E-state index in [1.54, 1.807) is 22.4 Å². The number of carbonyl (C=O) groups is 2. The summed E-state index contributed by atoms with van der Waals surface area (Å²) in [5, 5.41) is 9.45. The third-order valence-corrected chi connectivity index (χ3v) is 6.44. The standard InChI is InChI=1S/C19H20N4O2S2/c24-17(22-18-20-7-9-26-18)14-5-3-8-23(12-14)19(25)21-11-15-10-13-4-1-2-6-16(13)27-15/h1-2,4,6-7,9-10,14H,3,5,8,11-12H2,(H,21,25)(H,20,22,24)/t14-/m0/s1. The van der Waals surface area contributed by atoms with Crippen LogP contribution in [0.25, 0.3) is 10.1 Å². The first-order valence-electron chi connectivity index (χ1n) is 8.89. The van der Waals surface area contributed by atoms with Gasteiger partial charge in [0.15, 0.2) is 5.13 Å². The van der Waals surface area contributed by atoms with Gasteiger partial charge in [-0.05, 0) is 30.4 Å². The van der Waals surface area contributed by atoms with Crippen molar-refractivity contribution in [1.29, 1.82) is 0 Å². The average molecular weight is 401 g/mol. The zero-order chi connectivity index (χ0) is 18.6. The Morgan fingerprint density at radius 1 is 1.30 bits per heavy atom. The molecule has 0 unspecified atom stereocenters. The maximum absolute atomic E-state index is 12.5. The van der Waals surface area contributed by atoms with Gasteiger partial charge in [0.05, 0.1) is 12.5 Å². The van der Waals surface area contributed by atoms with E-state index in [-0.39, 0.29) is 17.9 Å². The molecular weight excluding hydrogens is 380 g/mol. The van der Waals surface area contributed by atoms with Crippen LogP contribution in [0.1, 0.15) is 17.7 Å². The minimum absolute atomic E-state index is 0.0630. The average Bonchev–Trinajstić information content (AvgIpc) is 3.35. The Kier molecular flexibility index (Phi) is 5.35. The monoisotopic (exact) mass is 400 g/mol. The number of benzene rings is 1. The number of rotatable bonds is 4. The molecule has 27 heavy (non-hydrogen) atoms. The summed E-state index contributed by atoms with van der Waals surface area (Å²) in [6.07, 6.45) is 3.28. The van der Waals surface area contributed by atoms with Crippen molar-refractivity contribution in [2.24, 2.45) is 5.92 Å². The maximum Gasteiger partial charge on any atom is 0.317 e. The second-order valence-corrected chi connectivity index (χ2v) is 8.58. The van der Waals surface area contributed by atoms with Gasteiger partial charge in [-0.3, -0.25) is 4.79 Å². The molecule has 0 aliphatic carbocycles. The fourth-order valence-corrected chi connectivity index (χ4v) is 4.80. The summed E-state index contributed by atoms with van der Waals surface area (Å²) in [4.78, 5) is 31.9. The molecule has 0 radical (unpaired) electrons. The van der Waals surface area contributed by atoms with E-state index in [0.717, 1.165) is 17.7 Å². The Labute approximate surface area is 165 Å². The molecule has 0 saturated carbocycles. The lowest BCUT2D eigenvalue weighted by atomic mass is 9.97. The van der Waals surface area contributed by atoms with E-state index >= 15 is 0 Å². The van der Waals surface area contributed by atoms with Crippen LogP contribution < -0.4 is 10.6 Å². The highest BCUT2D eigenvalue weighted by Gasteiger charge is 2.28. The molecule has 1 aliphatic rings. The number of thiophene rings is 1. The number of thiazole rings is 1. The predicted octanol–water partition coefficient (Wildman–Crippen LogP) is 3.92. The Bertz CT molecular complexity index is 905. The lowest BCUT2D eigenvalue weighted by Gasteiger charge is -2.31. The van der Waals surface area contributed by atoms with Gasteiger partial charge in [0, 0.05) is 34.2 Å². The van der Waals surface area contributed by atoms with Crippen LogP contribution in [0.4, 0.5) is 9.93 Å². The molecule has 2 aromatic heterocycles. The number of nitrogens with zero attached hydrogens (tertiary/aromatic N) is 2. The van der Waals surface area contributed by atoms with Gasteiger partial charge >= 0.3 is 6.03 Å². The lowest BCUT2D eigenvalue weighted by molar-refractivity contribution is -0.121. The largest absolute Gasteiger partial charge is 0.333 e. The van der Waals surface area contributed by atoms with Crippen molar-refractivity contribution in [1.82, 2.24) is 15.2 Å². The zero-order valence-corrected chi connectivity index (χ0v) is 16.3. The summed E-state index contributed by atoms with van der Waals surface area (Å²) in [5.74, 6) is -0.260. The first-order chi connectivity index (χ1) is 13.2. The van der Waals surface area contributed by atoms with Gasteiger partial charge < -0.3 is 15.5 Å². The van der Waals surface area contributed by atoms with E-state index in [1.165, 1.54) is 21.4 Å². The van der Waals surface area contributed by atoms with E-state index in [2.05, 4.69) is 33.8 Å². The van der Waals surface area contributed by atoms with E-state index in [9.17, 15) is 9.59 Å². The summed E-state index contributed by atoms with van der Waals surface area (Å²) in [7, 11) is 0. The molecule has 4 rings (SSSR count). The molecule has 1 atom stereocenters. The number of aromatic nitrogens is 1.